The van der Waals surface area contributed by atoms with Gasteiger partial charge in [0.25, 0.3) is 0 Å². The molecule has 0 saturated carbocycles. The number of halogens is 3. The standard InChI is InChI=1S/C17H16F3N5O2S/c1-28(26,27)15-13(17(18,19)20)7-6-12(14(15)16-22-24-25-23-16)11-4-2-10(3-5-11)8-9-21/h2-7H,8-9,21H2,1H3,(H,22,23,24,25). The third-order valence-electron chi connectivity index (χ3n) is 4.10. The maximum atomic E-state index is 13.5. The molecule has 0 aliphatic rings. The van der Waals surface area contributed by atoms with Crippen LogP contribution in [0.3, 0.4) is 0 Å². The Morgan fingerprint density at radius 3 is 2.29 bits per heavy atom. The summed E-state index contributed by atoms with van der Waals surface area (Å²) >= 11 is 0. The predicted molar refractivity (Wildman–Crippen MR) is 95.9 cm³/mol. The average molecular weight is 411 g/mol. The van der Waals surface area contributed by atoms with Crippen LogP contribution in [0.2, 0.25) is 0 Å². The van der Waals surface area contributed by atoms with Gasteiger partial charge in [0, 0.05) is 6.26 Å². The number of aromatic nitrogens is 4. The van der Waals surface area contributed by atoms with E-state index in [1.807, 2.05) is 0 Å². The van der Waals surface area contributed by atoms with E-state index in [9.17, 15) is 21.6 Å². The van der Waals surface area contributed by atoms with Gasteiger partial charge in [0.2, 0.25) is 5.82 Å². The van der Waals surface area contributed by atoms with E-state index >= 15 is 0 Å². The lowest BCUT2D eigenvalue weighted by molar-refractivity contribution is -0.139. The number of benzene rings is 2. The number of H-pyrrole nitrogens is 1. The molecule has 2 aromatic carbocycles. The summed E-state index contributed by atoms with van der Waals surface area (Å²) in [5.74, 6) is -0.243. The Kier molecular flexibility index (Phi) is 5.22. The second kappa shape index (κ2) is 7.32. The summed E-state index contributed by atoms with van der Waals surface area (Å²) in [4.78, 5) is -0.884. The Morgan fingerprint density at radius 2 is 1.79 bits per heavy atom. The van der Waals surface area contributed by atoms with Crippen molar-refractivity contribution in [3.63, 3.8) is 0 Å². The van der Waals surface area contributed by atoms with Gasteiger partial charge in [-0.05, 0) is 40.9 Å². The average Bonchev–Trinajstić information content (AvgIpc) is 3.14. The molecular weight excluding hydrogens is 395 g/mol. The normalized spacial score (nSPS) is 12.3. The van der Waals surface area contributed by atoms with Crippen molar-refractivity contribution in [3.05, 3.63) is 47.5 Å². The molecule has 148 valence electrons. The molecule has 1 heterocycles. The molecule has 0 bridgehead atoms. The van der Waals surface area contributed by atoms with Crippen LogP contribution in [0.15, 0.2) is 41.3 Å². The van der Waals surface area contributed by atoms with Crippen molar-refractivity contribution >= 4 is 9.84 Å². The molecule has 0 aliphatic heterocycles. The summed E-state index contributed by atoms with van der Waals surface area (Å²) < 4.78 is 65.3. The highest BCUT2D eigenvalue weighted by Crippen LogP contribution is 2.43. The summed E-state index contributed by atoms with van der Waals surface area (Å²) in [6.45, 7) is 0.450. The van der Waals surface area contributed by atoms with Crippen LogP contribution in [-0.4, -0.2) is 41.8 Å². The minimum atomic E-state index is -4.87. The van der Waals surface area contributed by atoms with Gasteiger partial charge in [-0.25, -0.2) is 8.42 Å². The third-order valence-corrected chi connectivity index (χ3v) is 5.27. The zero-order chi connectivity index (χ0) is 20.5. The van der Waals surface area contributed by atoms with Crippen LogP contribution in [0.4, 0.5) is 13.2 Å². The van der Waals surface area contributed by atoms with Gasteiger partial charge in [-0.1, -0.05) is 30.3 Å². The van der Waals surface area contributed by atoms with E-state index in [2.05, 4.69) is 20.6 Å². The Morgan fingerprint density at radius 1 is 1.11 bits per heavy atom. The SMILES string of the molecule is CS(=O)(=O)c1c(C(F)(F)F)ccc(-c2ccc(CCN)cc2)c1-c1nn[nH]n1. The lowest BCUT2D eigenvalue weighted by atomic mass is 9.95. The van der Waals surface area contributed by atoms with Crippen LogP contribution in [0.1, 0.15) is 11.1 Å². The van der Waals surface area contributed by atoms with E-state index < -0.39 is 26.5 Å². The smallest absolute Gasteiger partial charge is 0.330 e. The molecule has 0 atom stereocenters. The number of nitrogens with zero attached hydrogens (tertiary/aromatic N) is 3. The first-order chi connectivity index (χ1) is 13.1. The first kappa shape index (κ1) is 20.0. The highest BCUT2D eigenvalue weighted by atomic mass is 32.2. The monoisotopic (exact) mass is 411 g/mol. The molecule has 0 amide bonds. The van der Waals surface area contributed by atoms with Crippen LogP contribution < -0.4 is 5.73 Å². The van der Waals surface area contributed by atoms with E-state index in [4.69, 9.17) is 5.73 Å². The number of rotatable bonds is 5. The lowest BCUT2D eigenvalue weighted by Crippen LogP contribution is -2.15. The van der Waals surface area contributed by atoms with Crippen molar-refractivity contribution < 1.29 is 21.6 Å². The van der Waals surface area contributed by atoms with Crippen LogP contribution in [0.5, 0.6) is 0 Å². The summed E-state index contributed by atoms with van der Waals surface area (Å²) in [6, 6.07) is 8.89. The zero-order valence-corrected chi connectivity index (χ0v) is 15.5. The Labute approximate surface area is 158 Å². The number of nitrogens with two attached hydrogens (primary N) is 1. The van der Waals surface area contributed by atoms with Crippen molar-refractivity contribution in [2.45, 2.75) is 17.5 Å². The Bertz CT molecular complexity index is 1080. The highest BCUT2D eigenvalue weighted by Gasteiger charge is 2.39. The molecular formula is C17H16F3N5O2S. The second-order valence-electron chi connectivity index (χ2n) is 6.11. The largest absolute Gasteiger partial charge is 0.417 e. The number of alkyl halides is 3. The van der Waals surface area contributed by atoms with Gasteiger partial charge in [0.05, 0.1) is 16.0 Å². The van der Waals surface area contributed by atoms with Crippen LogP contribution >= 0.6 is 0 Å². The minimum Gasteiger partial charge on any atom is -0.330 e. The van der Waals surface area contributed by atoms with E-state index in [1.54, 1.807) is 24.3 Å². The topological polar surface area (TPSA) is 115 Å². The third kappa shape index (κ3) is 3.90. The predicted octanol–water partition coefficient (Wildman–Crippen LogP) is 2.46. The van der Waals surface area contributed by atoms with Gasteiger partial charge >= 0.3 is 6.18 Å². The fraction of sp³-hybridized carbons (Fsp3) is 0.235. The molecule has 11 heteroatoms. The number of hydrogen-bond donors (Lipinski definition) is 2. The molecule has 28 heavy (non-hydrogen) atoms. The van der Waals surface area contributed by atoms with Gasteiger partial charge in [-0.15, -0.1) is 10.2 Å². The number of nitrogens with one attached hydrogen (secondary N) is 1. The molecule has 1 aromatic heterocycles. The maximum absolute atomic E-state index is 13.5. The fourth-order valence-electron chi connectivity index (χ4n) is 2.94. The molecule has 0 aliphatic carbocycles. The summed E-state index contributed by atoms with van der Waals surface area (Å²) in [5.41, 5.74) is 5.70. The number of tetrazole rings is 1. The number of sulfone groups is 1. The molecule has 7 nitrogen and oxygen atoms in total. The van der Waals surface area contributed by atoms with Gasteiger partial charge in [0.1, 0.15) is 0 Å². The molecule has 0 radical (unpaired) electrons. The van der Waals surface area contributed by atoms with Gasteiger partial charge < -0.3 is 5.73 Å². The molecule has 0 unspecified atom stereocenters. The molecule has 3 N–H and O–H groups in total. The van der Waals surface area contributed by atoms with E-state index in [-0.39, 0.29) is 17.0 Å². The molecule has 0 spiro atoms. The first-order valence-corrected chi connectivity index (χ1v) is 9.99. The van der Waals surface area contributed by atoms with E-state index in [0.29, 0.717) is 18.5 Å². The fourth-order valence-corrected chi connectivity index (χ4v) is 4.09. The molecule has 0 fully saturated rings. The van der Waals surface area contributed by atoms with Crippen molar-refractivity contribution in [1.29, 1.82) is 0 Å². The molecule has 0 saturated heterocycles. The van der Waals surface area contributed by atoms with Crippen molar-refractivity contribution in [2.75, 3.05) is 12.8 Å². The van der Waals surface area contributed by atoms with Crippen molar-refractivity contribution in [1.82, 2.24) is 20.6 Å². The maximum Gasteiger partial charge on any atom is 0.417 e. The van der Waals surface area contributed by atoms with Gasteiger partial charge in [-0.3, -0.25) is 0 Å². The Hall–Kier alpha value is -2.79. The van der Waals surface area contributed by atoms with Crippen molar-refractivity contribution in [2.24, 2.45) is 5.73 Å². The number of hydrogen-bond acceptors (Lipinski definition) is 6. The lowest BCUT2D eigenvalue weighted by Gasteiger charge is -2.18. The minimum absolute atomic E-state index is 0.243. The quantitative estimate of drug-likeness (QED) is 0.667. The highest BCUT2D eigenvalue weighted by molar-refractivity contribution is 7.91. The first-order valence-electron chi connectivity index (χ1n) is 8.10. The van der Waals surface area contributed by atoms with E-state index in [0.717, 1.165) is 17.9 Å². The van der Waals surface area contributed by atoms with Gasteiger partial charge in [-0.2, -0.15) is 18.4 Å². The van der Waals surface area contributed by atoms with E-state index in [1.165, 1.54) is 6.07 Å². The van der Waals surface area contributed by atoms with Crippen molar-refractivity contribution in [3.8, 4) is 22.5 Å². The second-order valence-corrected chi connectivity index (χ2v) is 8.06. The van der Waals surface area contributed by atoms with Crippen LogP contribution in [0, 0.1) is 0 Å². The molecule has 3 rings (SSSR count). The van der Waals surface area contributed by atoms with Crippen LogP contribution in [-0.2, 0) is 22.4 Å². The number of aromatic amines is 1. The Balaban J connectivity index is 2.35. The summed E-state index contributed by atoms with van der Waals surface area (Å²) in [5, 5.41) is 13.0. The summed E-state index contributed by atoms with van der Waals surface area (Å²) in [6.07, 6.45) is -3.52. The zero-order valence-electron chi connectivity index (χ0n) is 14.7. The summed E-state index contributed by atoms with van der Waals surface area (Å²) in [7, 11) is -4.28. The van der Waals surface area contributed by atoms with Gasteiger partial charge in [0.15, 0.2) is 9.84 Å². The van der Waals surface area contributed by atoms with Crippen LogP contribution in [0.25, 0.3) is 22.5 Å². The molecule has 3 aromatic rings.